The van der Waals surface area contributed by atoms with E-state index in [2.05, 4.69) is 0 Å². The molecular weight excluding hydrogens is 302 g/mol. The number of rotatable bonds is 5. The average molecular weight is 321 g/mol. The molecule has 0 spiro atoms. The lowest BCUT2D eigenvalue weighted by molar-refractivity contribution is -0.385. The second-order valence-corrected chi connectivity index (χ2v) is 5.60. The molecule has 1 unspecified atom stereocenters. The van der Waals surface area contributed by atoms with Gasteiger partial charge < -0.3 is 15.4 Å². The van der Waals surface area contributed by atoms with Crippen molar-refractivity contribution in [3.63, 3.8) is 0 Å². The highest BCUT2D eigenvalue weighted by molar-refractivity contribution is 5.81. The van der Waals surface area contributed by atoms with Crippen LogP contribution in [-0.2, 0) is 9.59 Å². The number of hydrogen-bond donors (Lipinski definition) is 1. The first-order valence-corrected chi connectivity index (χ1v) is 7.33. The van der Waals surface area contributed by atoms with Gasteiger partial charge in [-0.1, -0.05) is 6.07 Å². The van der Waals surface area contributed by atoms with Crippen LogP contribution in [0.15, 0.2) is 18.2 Å². The maximum atomic E-state index is 12.2. The standard InChI is InChI=1S/C15H19N3O5/c1-10-4-5-13(12(7-10)18(21)22)23-9-14(19)17-6-2-3-11(8-17)15(16)20/h4-5,7,11H,2-3,6,8-9H2,1H3,(H2,16,20). The molecule has 0 bridgehead atoms. The lowest BCUT2D eigenvalue weighted by Gasteiger charge is -2.31. The zero-order valence-electron chi connectivity index (χ0n) is 12.9. The molecule has 1 saturated heterocycles. The molecule has 2 rings (SSSR count). The van der Waals surface area contributed by atoms with E-state index in [1.807, 2.05) is 0 Å². The van der Waals surface area contributed by atoms with E-state index in [4.69, 9.17) is 10.5 Å². The summed E-state index contributed by atoms with van der Waals surface area (Å²) in [6, 6.07) is 4.55. The summed E-state index contributed by atoms with van der Waals surface area (Å²) in [6.07, 6.45) is 1.37. The number of nitro benzene ring substituents is 1. The van der Waals surface area contributed by atoms with Gasteiger partial charge in [0.25, 0.3) is 5.91 Å². The number of nitro groups is 1. The Morgan fingerprint density at radius 3 is 2.87 bits per heavy atom. The number of piperidine rings is 1. The number of benzene rings is 1. The lowest BCUT2D eigenvalue weighted by atomic mass is 9.97. The highest BCUT2D eigenvalue weighted by atomic mass is 16.6. The van der Waals surface area contributed by atoms with Crippen molar-refractivity contribution in [2.24, 2.45) is 11.7 Å². The van der Waals surface area contributed by atoms with Crippen LogP contribution in [-0.4, -0.2) is 41.3 Å². The Morgan fingerprint density at radius 2 is 2.22 bits per heavy atom. The van der Waals surface area contributed by atoms with Gasteiger partial charge in [-0.05, 0) is 31.4 Å². The largest absolute Gasteiger partial charge is 0.477 e. The molecule has 2 amide bonds. The number of carbonyl (C=O) groups excluding carboxylic acids is 2. The Balaban J connectivity index is 1.99. The van der Waals surface area contributed by atoms with Crippen molar-refractivity contribution in [1.82, 2.24) is 4.90 Å². The van der Waals surface area contributed by atoms with Gasteiger partial charge in [-0.3, -0.25) is 19.7 Å². The monoisotopic (exact) mass is 321 g/mol. The first-order chi connectivity index (χ1) is 10.9. The fourth-order valence-corrected chi connectivity index (χ4v) is 2.56. The molecule has 23 heavy (non-hydrogen) atoms. The van der Waals surface area contributed by atoms with Gasteiger partial charge in [0.05, 0.1) is 10.8 Å². The molecule has 1 aliphatic heterocycles. The van der Waals surface area contributed by atoms with Gasteiger partial charge in [-0.25, -0.2) is 0 Å². The third-order valence-electron chi connectivity index (χ3n) is 3.84. The summed E-state index contributed by atoms with van der Waals surface area (Å²) in [5.41, 5.74) is 5.84. The minimum Gasteiger partial charge on any atom is -0.477 e. The predicted molar refractivity (Wildman–Crippen MR) is 81.8 cm³/mol. The van der Waals surface area contributed by atoms with Crippen molar-refractivity contribution in [3.8, 4) is 5.75 Å². The quantitative estimate of drug-likeness (QED) is 0.641. The summed E-state index contributed by atoms with van der Waals surface area (Å²) in [4.78, 5) is 35.4. The van der Waals surface area contributed by atoms with Crippen molar-refractivity contribution in [2.45, 2.75) is 19.8 Å². The van der Waals surface area contributed by atoms with Crippen LogP contribution < -0.4 is 10.5 Å². The molecule has 1 atom stereocenters. The van der Waals surface area contributed by atoms with Crippen LogP contribution in [0.3, 0.4) is 0 Å². The van der Waals surface area contributed by atoms with E-state index in [0.717, 1.165) is 5.56 Å². The van der Waals surface area contributed by atoms with Crippen LogP contribution in [0.4, 0.5) is 5.69 Å². The van der Waals surface area contributed by atoms with Gasteiger partial charge in [0.1, 0.15) is 0 Å². The summed E-state index contributed by atoms with van der Waals surface area (Å²) >= 11 is 0. The molecule has 124 valence electrons. The molecule has 1 heterocycles. The number of ether oxygens (including phenoxy) is 1. The topological polar surface area (TPSA) is 116 Å². The third kappa shape index (κ3) is 4.18. The number of nitrogens with two attached hydrogens (primary N) is 1. The summed E-state index contributed by atoms with van der Waals surface area (Å²) in [7, 11) is 0. The minimum absolute atomic E-state index is 0.0532. The Bertz CT molecular complexity index is 632. The number of aryl methyl sites for hydroxylation is 1. The highest BCUT2D eigenvalue weighted by Gasteiger charge is 2.27. The second-order valence-electron chi connectivity index (χ2n) is 5.60. The molecule has 1 aliphatic rings. The van der Waals surface area contributed by atoms with Gasteiger partial charge in [-0.15, -0.1) is 0 Å². The molecule has 0 saturated carbocycles. The smallest absolute Gasteiger partial charge is 0.311 e. The van der Waals surface area contributed by atoms with Gasteiger partial charge in [-0.2, -0.15) is 0 Å². The second kappa shape index (κ2) is 7.08. The zero-order chi connectivity index (χ0) is 17.0. The Hall–Kier alpha value is -2.64. The number of carbonyl (C=O) groups is 2. The Labute approximate surface area is 133 Å². The molecule has 2 N–H and O–H groups in total. The molecular formula is C15H19N3O5. The molecule has 1 aromatic carbocycles. The maximum Gasteiger partial charge on any atom is 0.311 e. The van der Waals surface area contributed by atoms with E-state index >= 15 is 0 Å². The van der Waals surface area contributed by atoms with Crippen LogP contribution in [0.5, 0.6) is 5.75 Å². The number of hydrogen-bond acceptors (Lipinski definition) is 5. The van der Waals surface area contributed by atoms with E-state index < -0.39 is 10.8 Å². The van der Waals surface area contributed by atoms with Crippen molar-refractivity contribution in [1.29, 1.82) is 0 Å². The number of amides is 2. The van der Waals surface area contributed by atoms with Gasteiger partial charge in [0.2, 0.25) is 5.91 Å². The predicted octanol–water partition coefficient (Wildman–Crippen LogP) is 1.01. The summed E-state index contributed by atoms with van der Waals surface area (Å²) in [5, 5.41) is 11.0. The SMILES string of the molecule is Cc1ccc(OCC(=O)N2CCCC(C(N)=O)C2)c([N+](=O)[O-])c1. The first-order valence-electron chi connectivity index (χ1n) is 7.33. The van der Waals surface area contributed by atoms with Gasteiger partial charge >= 0.3 is 5.69 Å². The first kappa shape index (κ1) is 16.7. The number of nitrogens with zero attached hydrogens (tertiary/aromatic N) is 2. The molecule has 0 aromatic heterocycles. The number of likely N-dealkylation sites (tertiary alicyclic amines) is 1. The van der Waals surface area contributed by atoms with E-state index in [1.165, 1.54) is 17.0 Å². The summed E-state index contributed by atoms with van der Waals surface area (Å²) < 4.78 is 5.32. The van der Waals surface area contributed by atoms with Gasteiger partial charge in [0.15, 0.2) is 12.4 Å². The molecule has 8 nitrogen and oxygen atoms in total. The van der Waals surface area contributed by atoms with Crippen LogP contribution in [0.25, 0.3) is 0 Å². The Morgan fingerprint density at radius 1 is 1.48 bits per heavy atom. The van der Waals surface area contributed by atoms with E-state index in [-0.39, 0.29) is 36.4 Å². The van der Waals surface area contributed by atoms with Crippen molar-refractivity contribution in [2.75, 3.05) is 19.7 Å². The lowest BCUT2D eigenvalue weighted by Crippen LogP contribution is -2.45. The van der Waals surface area contributed by atoms with Gasteiger partial charge in [0, 0.05) is 19.2 Å². The van der Waals surface area contributed by atoms with Crippen LogP contribution >= 0.6 is 0 Å². The summed E-state index contributed by atoms with van der Waals surface area (Å²) in [5.74, 6) is -1.03. The van der Waals surface area contributed by atoms with Crippen LogP contribution in [0.2, 0.25) is 0 Å². The third-order valence-corrected chi connectivity index (χ3v) is 3.84. The van der Waals surface area contributed by atoms with Crippen molar-refractivity contribution in [3.05, 3.63) is 33.9 Å². The van der Waals surface area contributed by atoms with Crippen LogP contribution in [0, 0.1) is 23.0 Å². The fraction of sp³-hybridized carbons (Fsp3) is 0.467. The molecule has 0 radical (unpaired) electrons. The van der Waals surface area contributed by atoms with Crippen molar-refractivity contribution < 1.29 is 19.2 Å². The molecule has 8 heteroatoms. The van der Waals surface area contributed by atoms with Crippen LogP contribution in [0.1, 0.15) is 18.4 Å². The van der Waals surface area contributed by atoms with E-state index in [0.29, 0.717) is 19.4 Å². The Kier molecular flexibility index (Phi) is 5.15. The maximum absolute atomic E-state index is 12.2. The van der Waals surface area contributed by atoms with Crippen molar-refractivity contribution >= 4 is 17.5 Å². The summed E-state index contributed by atoms with van der Waals surface area (Å²) in [6.45, 7) is 2.23. The molecule has 1 aromatic rings. The highest BCUT2D eigenvalue weighted by Crippen LogP contribution is 2.27. The molecule has 0 aliphatic carbocycles. The number of primary amides is 1. The zero-order valence-corrected chi connectivity index (χ0v) is 12.9. The van der Waals surface area contributed by atoms with E-state index in [9.17, 15) is 19.7 Å². The normalized spacial score (nSPS) is 17.6. The van der Waals surface area contributed by atoms with E-state index in [1.54, 1.807) is 13.0 Å². The average Bonchev–Trinajstić information content (AvgIpc) is 2.53. The molecule has 1 fully saturated rings. The fourth-order valence-electron chi connectivity index (χ4n) is 2.56. The minimum atomic E-state index is -0.545.